The Kier molecular flexibility index (Phi) is 17.9. The van der Waals surface area contributed by atoms with Gasteiger partial charge in [0.05, 0.1) is 11.8 Å². The maximum Gasteiger partial charge on any atom is 0.410 e. The molecule has 0 spiro atoms. The van der Waals surface area contributed by atoms with E-state index in [0.29, 0.717) is 31.3 Å². The highest BCUT2D eigenvalue weighted by atomic mass is 16.6. The molecule has 1 amide bonds. The van der Waals surface area contributed by atoms with Crippen LogP contribution < -0.4 is 0 Å². The van der Waals surface area contributed by atoms with E-state index >= 15 is 0 Å². The fourth-order valence-electron chi connectivity index (χ4n) is 6.42. The molecular weight excluding hydrogens is 574 g/mol. The second kappa shape index (κ2) is 20.7. The van der Waals surface area contributed by atoms with E-state index in [2.05, 4.69) is 6.92 Å². The summed E-state index contributed by atoms with van der Waals surface area (Å²) in [5.74, 6) is -0.533. The van der Waals surface area contributed by atoms with Gasteiger partial charge in [0.2, 0.25) is 0 Å². The lowest BCUT2D eigenvalue weighted by atomic mass is 9.83. The van der Waals surface area contributed by atoms with E-state index in [1.54, 1.807) is 4.90 Å². The molecule has 0 aromatic heterocycles. The van der Waals surface area contributed by atoms with E-state index in [9.17, 15) is 19.2 Å². The highest BCUT2D eigenvalue weighted by Gasteiger charge is 2.27. The third kappa shape index (κ3) is 16.7. The molecule has 0 radical (unpaired) electrons. The zero-order chi connectivity index (χ0) is 33.2. The first-order chi connectivity index (χ1) is 21.4. The van der Waals surface area contributed by atoms with E-state index in [1.165, 1.54) is 38.5 Å². The summed E-state index contributed by atoms with van der Waals surface area (Å²) in [6.45, 7) is 11.9. The molecule has 2 atom stereocenters. The number of unbranched alkanes of at least 4 members (excludes halogenated alkanes) is 1. The van der Waals surface area contributed by atoms with E-state index in [-0.39, 0.29) is 43.4 Å². The molecule has 2 fully saturated rings. The van der Waals surface area contributed by atoms with Crippen LogP contribution in [0.1, 0.15) is 144 Å². The molecular formula is C36H63NO8. The number of carbonyl (C=O) groups is 4. The van der Waals surface area contributed by atoms with Crippen molar-refractivity contribution in [3.8, 4) is 0 Å². The van der Waals surface area contributed by atoms with Gasteiger partial charge in [-0.15, -0.1) is 0 Å². The van der Waals surface area contributed by atoms with Crippen molar-refractivity contribution in [2.75, 3.05) is 26.3 Å². The molecule has 0 N–H and O–H groups in total. The van der Waals surface area contributed by atoms with Crippen LogP contribution in [0.5, 0.6) is 0 Å². The van der Waals surface area contributed by atoms with Gasteiger partial charge in [0.15, 0.2) is 6.10 Å². The third-order valence-electron chi connectivity index (χ3n) is 8.99. The summed E-state index contributed by atoms with van der Waals surface area (Å²) in [6, 6.07) is 0. The van der Waals surface area contributed by atoms with Crippen molar-refractivity contribution in [2.45, 2.75) is 156 Å². The van der Waals surface area contributed by atoms with Crippen molar-refractivity contribution in [2.24, 2.45) is 23.7 Å². The largest absolute Gasteiger partial charge is 0.461 e. The molecule has 0 aliphatic heterocycles. The van der Waals surface area contributed by atoms with Gasteiger partial charge in [-0.25, -0.2) is 4.79 Å². The molecule has 9 heteroatoms. The Bertz CT molecular complexity index is 846. The number of hydrogen-bond acceptors (Lipinski definition) is 8. The van der Waals surface area contributed by atoms with E-state index in [1.807, 2.05) is 34.6 Å². The average molecular weight is 638 g/mol. The number of esters is 3. The van der Waals surface area contributed by atoms with E-state index in [0.717, 1.165) is 51.4 Å². The van der Waals surface area contributed by atoms with Crippen molar-refractivity contribution in [1.29, 1.82) is 0 Å². The van der Waals surface area contributed by atoms with Crippen molar-refractivity contribution in [3.05, 3.63) is 0 Å². The zero-order valence-electron chi connectivity index (χ0n) is 29.2. The van der Waals surface area contributed by atoms with Gasteiger partial charge in [-0.2, -0.15) is 0 Å². The van der Waals surface area contributed by atoms with Gasteiger partial charge in [0, 0.05) is 19.5 Å². The highest BCUT2D eigenvalue weighted by Crippen LogP contribution is 2.30. The maximum atomic E-state index is 12.9. The van der Waals surface area contributed by atoms with Crippen LogP contribution in [0.4, 0.5) is 4.79 Å². The summed E-state index contributed by atoms with van der Waals surface area (Å²) in [5, 5.41) is 0. The lowest BCUT2D eigenvalue weighted by molar-refractivity contribution is -0.169. The van der Waals surface area contributed by atoms with Gasteiger partial charge in [-0.05, 0) is 58.3 Å². The van der Waals surface area contributed by atoms with Crippen LogP contribution in [-0.4, -0.2) is 66.9 Å². The van der Waals surface area contributed by atoms with Gasteiger partial charge >= 0.3 is 24.0 Å². The van der Waals surface area contributed by atoms with E-state index < -0.39 is 23.8 Å². The molecule has 2 rings (SSSR count). The summed E-state index contributed by atoms with van der Waals surface area (Å²) in [7, 11) is 0. The van der Waals surface area contributed by atoms with Crippen molar-refractivity contribution in [3.63, 3.8) is 0 Å². The van der Waals surface area contributed by atoms with Crippen LogP contribution >= 0.6 is 0 Å². The number of amides is 1. The Hall–Kier alpha value is -2.32. The molecule has 45 heavy (non-hydrogen) atoms. The SMILES string of the molecule is CCCCN(CCCC(=O)OC(COC(=O)C(C)CC1CCCCC1)COC(=O)C(C)CC1CCCCC1)C(=O)OC(C)(C)C. The average Bonchev–Trinajstić information content (AvgIpc) is 2.99. The van der Waals surface area contributed by atoms with Gasteiger partial charge < -0.3 is 23.8 Å². The molecule has 0 aromatic rings. The monoisotopic (exact) mass is 637 g/mol. The number of carbonyl (C=O) groups excluding carboxylic acids is 4. The van der Waals surface area contributed by atoms with Gasteiger partial charge in [-0.3, -0.25) is 14.4 Å². The Labute approximate surface area is 272 Å². The zero-order valence-corrected chi connectivity index (χ0v) is 29.2. The number of nitrogens with zero attached hydrogens (tertiary/aromatic N) is 1. The molecule has 0 saturated heterocycles. The molecule has 9 nitrogen and oxygen atoms in total. The van der Waals surface area contributed by atoms with Crippen LogP contribution in [0.25, 0.3) is 0 Å². The molecule has 2 saturated carbocycles. The quantitative estimate of drug-likeness (QED) is 0.110. The molecule has 2 aliphatic carbocycles. The Balaban J connectivity index is 1.92. The van der Waals surface area contributed by atoms with Crippen LogP contribution in [0.3, 0.4) is 0 Å². The number of ether oxygens (including phenoxy) is 4. The minimum atomic E-state index is -0.892. The fraction of sp³-hybridized carbons (Fsp3) is 0.889. The summed E-state index contributed by atoms with van der Waals surface area (Å²) < 4.78 is 22.4. The standard InChI is InChI=1S/C36H63NO8/c1-7-8-21-37(35(41)45-36(4,5)6)22-15-20-32(38)44-31(25-42-33(39)27(2)23-29-16-11-9-12-17-29)26-43-34(40)28(3)24-30-18-13-10-14-19-30/h27-31H,7-26H2,1-6H3. The third-order valence-corrected chi connectivity index (χ3v) is 8.99. The molecule has 0 bridgehead atoms. The smallest absolute Gasteiger partial charge is 0.410 e. The van der Waals surface area contributed by atoms with Crippen molar-refractivity contribution in [1.82, 2.24) is 4.90 Å². The number of rotatable bonds is 18. The van der Waals surface area contributed by atoms with Crippen LogP contribution in [-0.2, 0) is 33.3 Å². The van der Waals surface area contributed by atoms with Crippen LogP contribution in [0.2, 0.25) is 0 Å². The first-order valence-electron chi connectivity index (χ1n) is 17.9. The summed E-state index contributed by atoms with van der Waals surface area (Å²) in [5.41, 5.74) is -0.607. The minimum Gasteiger partial charge on any atom is -0.461 e. The fourth-order valence-corrected chi connectivity index (χ4v) is 6.42. The van der Waals surface area contributed by atoms with E-state index in [4.69, 9.17) is 18.9 Å². The molecule has 2 unspecified atom stereocenters. The molecule has 2 aliphatic rings. The predicted molar refractivity (Wildman–Crippen MR) is 174 cm³/mol. The minimum absolute atomic E-state index is 0.0694. The van der Waals surface area contributed by atoms with Gasteiger partial charge in [0.1, 0.15) is 18.8 Å². The Morgan fingerprint density at radius 3 is 1.64 bits per heavy atom. The van der Waals surface area contributed by atoms with Crippen LogP contribution in [0, 0.1) is 23.7 Å². The topological polar surface area (TPSA) is 108 Å². The van der Waals surface area contributed by atoms with Crippen molar-refractivity contribution < 1.29 is 38.1 Å². The Morgan fingerprint density at radius 1 is 0.733 bits per heavy atom. The van der Waals surface area contributed by atoms with Gasteiger partial charge in [-0.1, -0.05) is 91.4 Å². The lowest BCUT2D eigenvalue weighted by Gasteiger charge is -2.27. The number of hydrogen-bond donors (Lipinski definition) is 0. The first-order valence-corrected chi connectivity index (χ1v) is 17.9. The van der Waals surface area contributed by atoms with Gasteiger partial charge in [0.25, 0.3) is 0 Å². The molecule has 0 aromatic carbocycles. The lowest BCUT2D eigenvalue weighted by Crippen LogP contribution is -2.38. The second-order valence-electron chi connectivity index (χ2n) is 14.6. The summed E-state index contributed by atoms with van der Waals surface area (Å²) in [6.07, 6.45) is 14.5. The van der Waals surface area contributed by atoms with Crippen LogP contribution in [0.15, 0.2) is 0 Å². The second-order valence-corrected chi connectivity index (χ2v) is 14.6. The highest BCUT2D eigenvalue weighted by molar-refractivity contribution is 5.73. The summed E-state index contributed by atoms with van der Waals surface area (Å²) >= 11 is 0. The predicted octanol–water partition coefficient (Wildman–Crippen LogP) is 8.02. The summed E-state index contributed by atoms with van der Waals surface area (Å²) in [4.78, 5) is 52.9. The molecule has 260 valence electrons. The van der Waals surface area contributed by atoms with Crippen molar-refractivity contribution >= 4 is 24.0 Å². The first kappa shape index (κ1) is 38.9. The Morgan fingerprint density at radius 2 is 1.20 bits per heavy atom. The maximum absolute atomic E-state index is 12.9. The molecule has 0 heterocycles. The normalized spacial score (nSPS) is 18.4.